The third kappa shape index (κ3) is 8.70. The fourth-order valence-corrected chi connectivity index (χ4v) is 6.29. The maximum Gasteiger partial charge on any atom is 0.217 e. The van der Waals surface area contributed by atoms with Gasteiger partial charge in [0.2, 0.25) is 11.8 Å². The van der Waals surface area contributed by atoms with Crippen molar-refractivity contribution < 1.29 is 98.9 Å². The summed E-state index contributed by atoms with van der Waals surface area (Å²) in [6, 6.07) is -3.11. The molecule has 0 aromatic carbocycles. The van der Waals surface area contributed by atoms with E-state index in [9.17, 15) is 65.8 Å². The second-order valence-corrected chi connectivity index (χ2v) is 12.6. The first kappa shape index (κ1) is 41.0. The van der Waals surface area contributed by atoms with Gasteiger partial charge in [-0.25, -0.2) is 0 Å². The molecule has 0 aromatic rings. The maximum absolute atomic E-state index is 12.6. The Hall–Kier alpha value is -1.78. The third-order valence-electron chi connectivity index (χ3n) is 8.97. The molecule has 22 heteroatoms. The van der Waals surface area contributed by atoms with E-state index in [4.69, 9.17) is 33.2 Å². The van der Waals surface area contributed by atoms with Crippen LogP contribution >= 0.6 is 0 Å². The standard InChI is InChI=1S/C28H48N2O20/c1-7-15(36)18(39)20(41)27(44-7)50-24-14(30-9(3)35)26(49-23-13(29-8(2)34)25(43)45-11(5-32)17(23)38)47-12(6-33)22(24)48-28-21(42)19(40)16(37)10(4-31)46-28/h7,10-28,31-33,36-43H,4-6H2,1-3H3,(H,29,34)(H,30,35)/t7-,10+,11+,12+,13+,14+,15+,16-,17-,18+,19-,20-,21+,22+,23+,24+,25-,26-,27-,28+/m0/s1. The fraction of sp³-hybridized carbons (Fsp3) is 0.929. The summed E-state index contributed by atoms with van der Waals surface area (Å²) in [6.07, 6.45) is -30.6. The highest BCUT2D eigenvalue weighted by molar-refractivity contribution is 5.73. The van der Waals surface area contributed by atoms with Crippen molar-refractivity contribution in [1.29, 1.82) is 0 Å². The summed E-state index contributed by atoms with van der Waals surface area (Å²) in [5, 5.41) is 119. The first-order valence-corrected chi connectivity index (χ1v) is 15.9. The third-order valence-corrected chi connectivity index (χ3v) is 8.97. The van der Waals surface area contributed by atoms with Crippen molar-refractivity contribution in [2.24, 2.45) is 0 Å². The van der Waals surface area contributed by atoms with Crippen LogP contribution < -0.4 is 10.6 Å². The molecule has 0 bridgehead atoms. The number of ether oxygens (including phenoxy) is 7. The fourth-order valence-electron chi connectivity index (χ4n) is 6.29. The van der Waals surface area contributed by atoms with Crippen molar-refractivity contribution in [2.75, 3.05) is 19.8 Å². The highest BCUT2D eigenvalue weighted by Crippen LogP contribution is 2.35. The predicted octanol–water partition coefficient (Wildman–Crippen LogP) is -8.43. The van der Waals surface area contributed by atoms with Crippen molar-refractivity contribution >= 4 is 11.8 Å². The molecule has 4 aliphatic rings. The Morgan fingerprint density at radius 2 is 0.980 bits per heavy atom. The largest absolute Gasteiger partial charge is 0.394 e. The Morgan fingerprint density at radius 3 is 1.54 bits per heavy atom. The van der Waals surface area contributed by atoms with E-state index in [0.29, 0.717) is 0 Å². The zero-order valence-electron chi connectivity index (χ0n) is 27.3. The molecule has 290 valence electrons. The molecule has 0 spiro atoms. The second-order valence-electron chi connectivity index (χ2n) is 12.6. The Balaban J connectivity index is 1.76. The zero-order valence-corrected chi connectivity index (χ0v) is 27.3. The van der Waals surface area contributed by atoms with Gasteiger partial charge in [0.05, 0.1) is 25.9 Å². The number of nitrogens with one attached hydrogen (secondary N) is 2. The molecule has 0 saturated carbocycles. The summed E-state index contributed by atoms with van der Waals surface area (Å²) < 4.78 is 40.3. The molecule has 0 aromatic heterocycles. The van der Waals surface area contributed by atoms with E-state index in [2.05, 4.69) is 10.6 Å². The Bertz CT molecular complexity index is 1120. The van der Waals surface area contributed by atoms with E-state index in [1.165, 1.54) is 6.92 Å². The van der Waals surface area contributed by atoms with Crippen molar-refractivity contribution in [1.82, 2.24) is 10.6 Å². The first-order chi connectivity index (χ1) is 23.5. The van der Waals surface area contributed by atoms with E-state index in [-0.39, 0.29) is 0 Å². The monoisotopic (exact) mass is 732 g/mol. The minimum Gasteiger partial charge on any atom is -0.394 e. The van der Waals surface area contributed by atoms with Crippen molar-refractivity contribution in [3.63, 3.8) is 0 Å². The van der Waals surface area contributed by atoms with Crippen molar-refractivity contribution in [2.45, 2.75) is 143 Å². The summed E-state index contributed by atoms with van der Waals surface area (Å²) in [6.45, 7) is 0.947. The van der Waals surface area contributed by atoms with Crippen LogP contribution in [-0.2, 0) is 42.7 Å². The molecule has 4 fully saturated rings. The minimum absolute atomic E-state index is 0.690. The van der Waals surface area contributed by atoms with Gasteiger partial charge in [-0.3, -0.25) is 9.59 Å². The highest BCUT2D eigenvalue weighted by atomic mass is 16.8. The van der Waals surface area contributed by atoms with Crippen LogP contribution in [0.1, 0.15) is 20.8 Å². The van der Waals surface area contributed by atoms with E-state index >= 15 is 0 Å². The van der Waals surface area contributed by atoms with Crippen LogP contribution in [0.4, 0.5) is 0 Å². The molecule has 50 heavy (non-hydrogen) atoms. The van der Waals surface area contributed by atoms with Crippen molar-refractivity contribution in [3.05, 3.63) is 0 Å². The molecule has 0 radical (unpaired) electrons. The number of rotatable bonds is 11. The number of aliphatic hydroxyl groups is 11. The first-order valence-electron chi connectivity index (χ1n) is 15.9. The molecule has 4 rings (SSSR count). The van der Waals surface area contributed by atoms with Gasteiger partial charge in [-0.2, -0.15) is 0 Å². The van der Waals surface area contributed by atoms with Crippen LogP contribution in [0.2, 0.25) is 0 Å². The molecular formula is C28H48N2O20. The molecule has 22 nitrogen and oxygen atoms in total. The minimum atomic E-state index is -1.97. The lowest BCUT2D eigenvalue weighted by atomic mass is 9.93. The van der Waals surface area contributed by atoms with Crippen LogP contribution in [0.25, 0.3) is 0 Å². The normalized spacial score (nSPS) is 48.5. The summed E-state index contributed by atoms with van der Waals surface area (Å²) in [5.41, 5.74) is 0. The molecule has 2 amide bonds. The lowest BCUT2D eigenvalue weighted by molar-refractivity contribution is -0.381. The van der Waals surface area contributed by atoms with Gasteiger partial charge in [0.25, 0.3) is 0 Å². The smallest absolute Gasteiger partial charge is 0.217 e. The molecule has 20 atom stereocenters. The van der Waals surface area contributed by atoms with Gasteiger partial charge in [0.1, 0.15) is 91.4 Å². The number of carbonyl (C=O) groups is 2. The number of hydrogen-bond acceptors (Lipinski definition) is 20. The van der Waals surface area contributed by atoms with E-state index in [1.54, 1.807) is 0 Å². The van der Waals surface area contributed by atoms with E-state index < -0.39 is 154 Å². The molecule has 13 N–H and O–H groups in total. The van der Waals surface area contributed by atoms with Crippen LogP contribution in [0, 0.1) is 0 Å². The number of amides is 2. The van der Waals surface area contributed by atoms with Crippen LogP contribution in [0.3, 0.4) is 0 Å². The second kappa shape index (κ2) is 17.4. The lowest BCUT2D eigenvalue weighted by Gasteiger charge is -2.51. The Morgan fingerprint density at radius 1 is 0.520 bits per heavy atom. The van der Waals surface area contributed by atoms with Gasteiger partial charge >= 0.3 is 0 Å². The zero-order chi connectivity index (χ0) is 37.2. The SMILES string of the molecule is CC(=O)N[C@@H]1[C@@H](O[C@@H]2O[C@H](CO)[C@@H](O[C@H]3O[C@H](CO)[C@H](O)[C@H](O)[C@H]3O)[C@H](O[C@@H]3O[C@@H](C)[C@@H](O)[C@@H](O)[C@@H]3O)[C@H]2NC(C)=O)[C@@H](O)[C@@H](CO)O[C@@H]1O. The maximum atomic E-state index is 12.6. The Labute approximate surface area is 285 Å². The van der Waals surface area contributed by atoms with Gasteiger partial charge in [-0.1, -0.05) is 0 Å². The molecule has 0 aliphatic carbocycles. The van der Waals surface area contributed by atoms with E-state index in [0.717, 1.165) is 13.8 Å². The van der Waals surface area contributed by atoms with Gasteiger partial charge in [0, 0.05) is 13.8 Å². The van der Waals surface area contributed by atoms with Crippen LogP contribution in [0.5, 0.6) is 0 Å². The summed E-state index contributed by atoms with van der Waals surface area (Å²) in [7, 11) is 0. The number of aliphatic hydroxyl groups excluding tert-OH is 11. The summed E-state index contributed by atoms with van der Waals surface area (Å²) >= 11 is 0. The van der Waals surface area contributed by atoms with Gasteiger partial charge < -0.3 is 100.0 Å². The average Bonchev–Trinajstić information content (AvgIpc) is 3.07. The summed E-state index contributed by atoms with van der Waals surface area (Å²) in [5.74, 6) is -1.45. The molecule has 4 saturated heterocycles. The Kier molecular flexibility index (Phi) is 14.2. The lowest BCUT2D eigenvalue weighted by Crippen LogP contribution is -2.71. The molecular weight excluding hydrogens is 684 g/mol. The summed E-state index contributed by atoms with van der Waals surface area (Å²) in [4.78, 5) is 24.6. The predicted molar refractivity (Wildman–Crippen MR) is 156 cm³/mol. The highest BCUT2D eigenvalue weighted by Gasteiger charge is 2.56. The topological polar surface area (TPSA) is 345 Å². The van der Waals surface area contributed by atoms with Crippen LogP contribution in [0.15, 0.2) is 0 Å². The average molecular weight is 733 g/mol. The number of carbonyl (C=O) groups excluding carboxylic acids is 2. The molecule has 4 heterocycles. The quantitative estimate of drug-likeness (QED) is 0.0938. The van der Waals surface area contributed by atoms with E-state index in [1.807, 2.05) is 0 Å². The molecule has 4 aliphatic heterocycles. The molecule has 0 unspecified atom stereocenters. The van der Waals surface area contributed by atoms with Gasteiger partial charge in [-0.15, -0.1) is 0 Å². The van der Waals surface area contributed by atoms with Gasteiger partial charge in [-0.05, 0) is 6.92 Å². The van der Waals surface area contributed by atoms with Gasteiger partial charge in [0.15, 0.2) is 25.2 Å². The van der Waals surface area contributed by atoms with Crippen LogP contribution in [-0.4, -0.2) is 211 Å². The number of hydrogen-bond donors (Lipinski definition) is 13. The van der Waals surface area contributed by atoms with Crippen molar-refractivity contribution in [3.8, 4) is 0 Å².